The predicted molar refractivity (Wildman–Crippen MR) is 123 cm³/mol. The molecule has 2 aliphatic heterocycles. The van der Waals surface area contributed by atoms with Crippen LogP contribution in [0, 0.1) is 6.92 Å². The predicted octanol–water partition coefficient (Wildman–Crippen LogP) is 3.02. The molecule has 1 aromatic heterocycles. The minimum Gasteiger partial charge on any atom is -0.368 e. The number of rotatable bonds is 4. The van der Waals surface area contributed by atoms with Gasteiger partial charge in [0, 0.05) is 37.4 Å². The molecule has 2 aromatic carbocycles. The molecule has 1 atom stereocenters. The summed E-state index contributed by atoms with van der Waals surface area (Å²) in [5.41, 5.74) is 5.20. The van der Waals surface area contributed by atoms with E-state index in [2.05, 4.69) is 46.4 Å². The summed E-state index contributed by atoms with van der Waals surface area (Å²) in [5, 5.41) is 8.47. The molecule has 33 heavy (non-hydrogen) atoms. The van der Waals surface area contributed by atoms with Crippen molar-refractivity contribution in [3.8, 4) is 0 Å². The van der Waals surface area contributed by atoms with Gasteiger partial charge in [-0.05, 0) is 43.7 Å². The number of carbonyl (C=O) groups excluding carboxylic acids is 2. The van der Waals surface area contributed by atoms with Gasteiger partial charge in [0.25, 0.3) is 5.91 Å². The van der Waals surface area contributed by atoms with Gasteiger partial charge in [-0.2, -0.15) is 0 Å². The zero-order chi connectivity index (χ0) is 22.9. The normalized spacial score (nSPS) is 18.2. The molecule has 0 aliphatic carbocycles. The topological polar surface area (TPSA) is 80.6 Å². The second-order valence-corrected chi connectivity index (χ2v) is 8.66. The number of nitrogens with zero attached hydrogens (tertiary/aromatic N) is 5. The summed E-state index contributed by atoms with van der Waals surface area (Å²) >= 11 is 0. The summed E-state index contributed by atoms with van der Waals surface area (Å²) in [6.45, 7) is 7.14. The van der Waals surface area contributed by atoms with E-state index in [1.807, 2.05) is 29.2 Å². The highest BCUT2D eigenvalue weighted by Crippen LogP contribution is 2.28. The van der Waals surface area contributed by atoms with Gasteiger partial charge in [0.2, 0.25) is 0 Å². The van der Waals surface area contributed by atoms with E-state index in [0.717, 1.165) is 30.0 Å². The average Bonchev–Trinajstić information content (AvgIpc) is 3.27. The van der Waals surface area contributed by atoms with Crippen LogP contribution in [0.5, 0.6) is 0 Å². The lowest BCUT2D eigenvalue weighted by Gasteiger charge is -2.36. The Labute approximate surface area is 192 Å². The van der Waals surface area contributed by atoms with Gasteiger partial charge in [-0.1, -0.05) is 35.0 Å². The number of ether oxygens (including phenoxy) is 1. The third-order valence-electron chi connectivity index (χ3n) is 6.46. The number of hydrogen-bond donors (Lipinski definition) is 0. The van der Waals surface area contributed by atoms with Crippen LogP contribution in [-0.2, 0) is 17.9 Å². The molecule has 0 bridgehead atoms. The number of anilines is 1. The quantitative estimate of drug-likeness (QED) is 0.575. The van der Waals surface area contributed by atoms with Gasteiger partial charge < -0.3 is 14.5 Å². The molecule has 3 aromatic rings. The van der Waals surface area contributed by atoms with Crippen LogP contribution in [0.25, 0.3) is 0 Å². The first-order valence-corrected chi connectivity index (χ1v) is 11.3. The molecule has 0 radical (unpaired) electrons. The molecule has 5 rings (SSSR count). The molecule has 1 amide bonds. The number of piperazine rings is 1. The van der Waals surface area contributed by atoms with Gasteiger partial charge in [0.1, 0.15) is 6.10 Å². The molecule has 170 valence electrons. The van der Waals surface area contributed by atoms with Gasteiger partial charge in [0.05, 0.1) is 18.8 Å². The Morgan fingerprint density at radius 3 is 2.33 bits per heavy atom. The fourth-order valence-corrected chi connectivity index (χ4v) is 4.38. The number of hydrogen-bond acceptors (Lipinski definition) is 6. The summed E-state index contributed by atoms with van der Waals surface area (Å²) in [7, 11) is 0. The standard InChI is InChI=1S/C25H27N5O3/c1-17-3-5-20(6-4-17)23-15-30-22(16-33-23)24(26-27-30)25(32)29-13-11-28(12-14-29)21-9-7-19(8-10-21)18(2)31/h3-10,23H,11-16H2,1-2H3/t23-/m1/s1. The second kappa shape index (κ2) is 8.78. The van der Waals surface area contributed by atoms with Crippen LogP contribution in [0.1, 0.15) is 50.7 Å². The van der Waals surface area contributed by atoms with E-state index in [1.165, 1.54) is 5.56 Å². The van der Waals surface area contributed by atoms with E-state index in [0.29, 0.717) is 37.5 Å². The summed E-state index contributed by atoms with van der Waals surface area (Å²) < 4.78 is 7.86. The van der Waals surface area contributed by atoms with Crippen LogP contribution >= 0.6 is 0 Å². The van der Waals surface area contributed by atoms with Crippen LogP contribution in [0.15, 0.2) is 48.5 Å². The molecule has 1 saturated heterocycles. The van der Waals surface area contributed by atoms with Crippen molar-refractivity contribution < 1.29 is 14.3 Å². The average molecular weight is 446 g/mol. The van der Waals surface area contributed by atoms with Gasteiger partial charge in [-0.15, -0.1) is 5.10 Å². The van der Waals surface area contributed by atoms with Crippen molar-refractivity contribution in [2.75, 3.05) is 31.1 Å². The lowest BCUT2D eigenvalue weighted by Crippen LogP contribution is -2.49. The van der Waals surface area contributed by atoms with E-state index >= 15 is 0 Å². The lowest BCUT2D eigenvalue weighted by atomic mass is 10.1. The van der Waals surface area contributed by atoms with Crippen LogP contribution in [0.3, 0.4) is 0 Å². The van der Waals surface area contributed by atoms with Crippen molar-refractivity contribution >= 4 is 17.4 Å². The molecule has 0 unspecified atom stereocenters. The van der Waals surface area contributed by atoms with E-state index in [9.17, 15) is 9.59 Å². The number of fused-ring (bicyclic) bond motifs is 1. The molecule has 0 spiro atoms. The monoisotopic (exact) mass is 445 g/mol. The summed E-state index contributed by atoms with van der Waals surface area (Å²) in [5.74, 6) is -0.0386. The Bertz CT molecular complexity index is 1160. The Morgan fingerprint density at radius 1 is 0.970 bits per heavy atom. The zero-order valence-electron chi connectivity index (χ0n) is 18.9. The minimum absolute atomic E-state index is 0.0585. The Kier molecular flexibility index (Phi) is 5.68. The summed E-state index contributed by atoms with van der Waals surface area (Å²) in [4.78, 5) is 28.7. The van der Waals surface area contributed by atoms with E-state index in [1.54, 1.807) is 11.6 Å². The van der Waals surface area contributed by atoms with Gasteiger partial charge in [0.15, 0.2) is 11.5 Å². The highest BCUT2D eigenvalue weighted by atomic mass is 16.5. The van der Waals surface area contributed by atoms with E-state index in [-0.39, 0.29) is 17.8 Å². The van der Waals surface area contributed by atoms with Gasteiger partial charge >= 0.3 is 0 Å². The van der Waals surface area contributed by atoms with Crippen LogP contribution in [-0.4, -0.2) is 57.8 Å². The first-order valence-electron chi connectivity index (χ1n) is 11.3. The SMILES string of the molecule is CC(=O)c1ccc(N2CCN(C(=O)c3nnn4c3CO[C@@H](c3ccc(C)cc3)C4)CC2)cc1. The van der Waals surface area contributed by atoms with Crippen molar-refractivity contribution in [2.45, 2.75) is 33.1 Å². The second-order valence-electron chi connectivity index (χ2n) is 8.66. The molecular weight excluding hydrogens is 418 g/mol. The molecule has 1 fully saturated rings. The van der Waals surface area contributed by atoms with Crippen LogP contribution in [0.2, 0.25) is 0 Å². The Balaban J connectivity index is 1.23. The maximum atomic E-state index is 13.2. The van der Waals surface area contributed by atoms with Crippen molar-refractivity contribution in [3.05, 3.63) is 76.6 Å². The first kappa shape index (κ1) is 21.3. The van der Waals surface area contributed by atoms with Crippen molar-refractivity contribution in [1.29, 1.82) is 0 Å². The largest absolute Gasteiger partial charge is 0.368 e. The van der Waals surface area contributed by atoms with Crippen LogP contribution in [0.4, 0.5) is 5.69 Å². The Hall–Kier alpha value is -3.52. The van der Waals surface area contributed by atoms with Crippen molar-refractivity contribution in [1.82, 2.24) is 19.9 Å². The van der Waals surface area contributed by atoms with Crippen molar-refractivity contribution in [3.63, 3.8) is 0 Å². The molecule has 3 heterocycles. The zero-order valence-corrected chi connectivity index (χ0v) is 18.9. The molecule has 8 nitrogen and oxygen atoms in total. The highest BCUT2D eigenvalue weighted by Gasteiger charge is 2.31. The maximum absolute atomic E-state index is 13.2. The number of aryl methyl sites for hydroxylation is 1. The number of aromatic nitrogens is 3. The molecule has 0 N–H and O–H groups in total. The third-order valence-corrected chi connectivity index (χ3v) is 6.46. The fourth-order valence-electron chi connectivity index (χ4n) is 4.38. The molecule has 8 heteroatoms. The smallest absolute Gasteiger partial charge is 0.276 e. The number of amides is 1. The molecule has 0 saturated carbocycles. The lowest BCUT2D eigenvalue weighted by molar-refractivity contribution is -0.00196. The fraction of sp³-hybridized carbons (Fsp3) is 0.360. The van der Waals surface area contributed by atoms with Gasteiger partial charge in [-0.3, -0.25) is 9.59 Å². The minimum atomic E-state index is -0.0970. The number of carbonyl (C=O) groups is 2. The summed E-state index contributed by atoms with van der Waals surface area (Å²) in [6, 6.07) is 15.9. The molecular formula is C25H27N5O3. The third kappa shape index (κ3) is 4.26. The van der Waals surface area contributed by atoms with E-state index < -0.39 is 0 Å². The van der Waals surface area contributed by atoms with Gasteiger partial charge in [-0.25, -0.2) is 4.68 Å². The van der Waals surface area contributed by atoms with Crippen LogP contribution < -0.4 is 4.90 Å². The number of ketones is 1. The van der Waals surface area contributed by atoms with E-state index in [4.69, 9.17) is 4.74 Å². The maximum Gasteiger partial charge on any atom is 0.276 e. The number of benzene rings is 2. The van der Waals surface area contributed by atoms with Crippen molar-refractivity contribution in [2.24, 2.45) is 0 Å². The first-order chi connectivity index (χ1) is 16.0. The summed E-state index contributed by atoms with van der Waals surface area (Å²) in [6.07, 6.45) is -0.0966. The molecule has 2 aliphatic rings. The number of Topliss-reactive ketones (excluding diaryl/α,β-unsaturated/α-hetero) is 1. The highest BCUT2D eigenvalue weighted by molar-refractivity contribution is 5.94. The Morgan fingerprint density at radius 2 is 1.67 bits per heavy atom.